The summed E-state index contributed by atoms with van der Waals surface area (Å²) in [5.74, 6) is -0.0133. The average Bonchev–Trinajstić information content (AvgIpc) is 2.78. The second-order valence-corrected chi connectivity index (χ2v) is 6.51. The van der Waals surface area contributed by atoms with Crippen molar-refractivity contribution in [1.29, 1.82) is 0 Å². The van der Waals surface area contributed by atoms with Crippen LogP contribution in [0.5, 0.6) is 0 Å². The highest BCUT2D eigenvalue weighted by Gasteiger charge is 2.54. The molecule has 0 amide bonds. The molecule has 2 rings (SSSR count). The monoisotopic (exact) mass is 225 g/mol. The van der Waals surface area contributed by atoms with E-state index < -0.39 is 9.84 Å². The molecule has 3 nitrogen and oxygen atoms in total. The molecule has 4 heteroatoms. The van der Waals surface area contributed by atoms with E-state index in [9.17, 15) is 8.42 Å². The van der Waals surface area contributed by atoms with E-state index >= 15 is 0 Å². The van der Waals surface area contributed by atoms with Gasteiger partial charge in [0.05, 0.1) is 5.25 Å². The van der Waals surface area contributed by atoms with Crippen molar-refractivity contribution in [2.24, 2.45) is 5.73 Å². The minimum Gasteiger partial charge on any atom is -0.326 e. The summed E-state index contributed by atoms with van der Waals surface area (Å²) >= 11 is 0. The Morgan fingerprint density at radius 1 is 1.20 bits per heavy atom. The van der Waals surface area contributed by atoms with Gasteiger partial charge in [0.1, 0.15) is 0 Å². The van der Waals surface area contributed by atoms with Crippen molar-refractivity contribution in [1.82, 2.24) is 0 Å². The third kappa shape index (κ3) is 1.92. The molecule has 1 saturated carbocycles. The lowest BCUT2D eigenvalue weighted by Gasteiger charge is -1.99. The molecular formula is C11H15NO2S. The van der Waals surface area contributed by atoms with Crippen LogP contribution in [-0.2, 0) is 9.84 Å². The van der Waals surface area contributed by atoms with E-state index in [4.69, 9.17) is 5.73 Å². The summed E-state index contributed by atoms with van der Waals surface area (Å²) < 4.78 is 22.7. The zero-order chi connectivity index (χ0) is 11.2. The molecule has 15 heavy (non-hydrogen) atoms. The third-order valence-electron chi connectivity index (χ3n) is 2.96. The molecule has 1 aliphatic carbocycles. The Morgan fingerprint density at radius 2 is 1.73 bits per heavy atom. The van der Waals surface area contributed by atoms with Gasteiger partial charge in [0.15, 0.2) is 9.84 Å². The van der Waals surface area contributed by atoms with Crippen LogP contribution < -0.4 is 5.73 Å². The number of hydrogen-bond donors (Lipinski definition) is 1. The van der Waals surface area contributed by atoms with Crippen LogP contribution in [0, 0.1) is 6.92 Å². The number of sulfone groups is 1. The van der Waals surface area contributed by atoms with Gasteiger partial charge in [-0.25, -0.2) is 8.42 Å². The number of benzene rings is 1. The molecule has 1 aliphatic rings. The maximum atomic E-state index is 11.4. The lowest BCUT2D eigenvalue weighted by molar-refractivity contribution is 0.599. The molecule has 0 bridgehead atoms. The molecule has 1 aromatic carbocycles. The predicted octanol–water partition coefficient (Wildman–Crippen LogP) is 0.833. The predicted molar refractivity (Wildman–Crippen MR) is 60.5 cm³/mol. The second kappa shape index (κ2) is 3.32. The molecule has 0 radical (unpaired) electrons. The van der Waals surface area contributed by atoms with Crippen molar-refractivity contribution in [2.75, 3.05) is 6.26 Å². The largest absolute Gasteiger partial charge is 0.326 e. The van der Waals surface area contributed by atoms with Crippen LogP contribution in [0.2, 0.25) is 0 Å². The fraction of sp³-hybridized carbons (Fsp3) is 0.455. The van der Waals surface area contributed by atoms with Crippen molar-refractivity contribution in [3.8, 4) is 0 Å². The Hall–Kier alpha value is -0.870. The van der Waals surface area contributed by atoms with Gasteiger partial charge in [-0.05, 0) is 12.5 Å². The smallest absolute Gasteiger partial charge is 0.152 e. The molecule has 1 aromatic rings. The van der Waals surface area contributed by atoms with Crippen molar-refractivity contribution in [2.45, 2.75) is 24.1 Å². The number of rotatable bonds is 2. The summed E-state index contributed by atoms with van der Waals surface area (Å²) in [4.78, 5) is 0. The Labute approximate surface area is 90.2 Å². The van der Waals surface area contributed by atoms with Crippen LogP contribution >= 0.6 is 0 Å². The zero-order valence-corrected chi connectivity index (χ0v) is 9.66. The molecule has 0 aliphatic heterocycles. The first-order valence-electron chi connectivity index (χ1n) is 4.92. The molecular weight excluding hydrogens is 210 g/mol. The van der Waals surface area contributed by atoms with Crippen molar-refractivity contribution in [3.63, 3.8) is 0 Å². The lowest BCUT2D eigenvalue weighted by atomic mass is 10.1. The molecule has 1 fully saturated rings. The molecule has 0 saturated heterocycles. The van der Waals surface area contributed by atoms with Gasteiger partial charge in [-0.1, -0.05) is 29.8 Å². The Bertz CT molecular complexity index is 464. The summed E-state index contributed by atoms with van der Waals surface area (Å²) in [5, 5.41) is -0.389. The molecule has 2 N–H and O–H groups in total. The van der Waals surface area contributed by atoms with Crippen LogP contribution in [0.4, 0.5) is 0 Å². The fourth-order valence-electron chi connectivity index (χ4n) is 2.06. The highest BCUT2D eigenvalue weighted by Crippen LogP contribution is 2.44. The second-order valence-electron chi connectivity index (χ2n) is 4.31. The SMILES string of the molecule is Cc1ccc([C@@H]2[C@@H](N)[C@@H]2S(C)(=O)=O)cc1. The normalized spacial score (nSPS) is 30.2. The van der Waals surface area contributed by atoms with Gasteiger partial charge in [-0.3, -0.25) is 0 Å². The Balaban J connectivity index is 2.26. The average molecular weight is 225 g/mol. The van der Waals surface area contributed by atoms with Crippen LogP contribution in [0.15, 0.2) is 24.3 Å². The quantitative estimate of drug-likeness (QED) is 0.811. The van der Waals surface area contributed by atoms with E-state index in [0.717, 1.165) is 5.56 Å². The standard InChI is InChI=1S/C11H15NO2S/c1-7-3-5-8(6-4-7)9-10(12)11(9)15(2,13)14/h3-6,9-11H,12H2,1-2H3/t9-,10-,11-/m1/s1. The molecule has 82 valence electrons. The Kier molecular flexibility index (Phi) is 2.35. The van der Waals surface area contributed by atoms with E-state index in [1.807, 2.05) is 31.2 Å². The summed E-state index contributed by atoms with van der Waals surface area (Å²) in [6.07, 6.45) is 1.26. The van der Waals surface area contributed by atoms with E-state index in [2.05, 4.69) is 0 Å². The summed E-state index contributed by atoms with van der Waals surface area (Å²) in [7, 11) is -3.01. The van der Waals surface area contributed by atoms with Crippen LogP contribution in [0.3, 0.4) is 0 Å². The number of aryl methyl sites for hydroxylation is 1. The summed E-state index contributed by atoms with van der Waals surface area (Å²) in [5.41, 5.74) is 7.99. The molecule has 0 unspecified atom stereocenters. The van der Waals surface area contributed by atoms with Gasteiger partial charge in [0.25, 0.3) is 0 Å². The van der Waals surface area contributed by atoms with Crippen molar-refractivity contribution >= 4 is 9.84 Å². The summed E-state index contributed by atoms with van der Waals surface area (Å²) in [6.45, 7) is 2.00. The summed E-state index contributed by atoms with van der Waals surface area (Å²) in [6, 6.07) is 7.66. The van der Waals surface area contributed by atoms with Crippen LogP contribution in [-0.4, -0.2) is 26.0 Å². The molecule has 0 spiro atoms. The zero-order valence-electron chi connectivity index (χ0n) is 8.84. The van der Waals surface area contributed by atoms with Gasteiger partial charge < -0.3 is 5.73 Å². The van der Waals surface area contributed by atoms with Gasteiger partial charge in [0.2, 0.25) is 0 Å². The van der Waals surface area contributed by atoms with Crippen LogP contribution in [0.1, 0.15) is 17.0 Å². The highest BCUT2D eigenvalue weighted by atomic mass is 32.2. The van der Waals surface area contributed by atoms with Crippen molar-refractivity contribution in [3.05, 3.63) is 35.4 Å². The van der Waals surface area contributed by atoms with Crippen LogP contribution in [0.25, 0.3) is 0 Å². The van der Waals surface area contributed by atoms with Gasteiger partial charge in [-0.2, -0.15) is 0 Å². The van der Waals surface area contributed by atoms with Gasteiger partial charge in [-0.15, -0.1) is 0 Å². The highest BCUT2D eigenvalue weighted by molar-refractivity contribution is 7.91. The van der Waals surface area contributed by atoms with Gasteiger partial charge >= 0.3 is 0 Å². The minimum absolute atomic E-state index is 0.0133. The Morgan fingerprint density at radius 3 is 2.13 bits per heavy atom. The molecule has 0 heterocycles. The van der Waals surface area contributed by atoms with E-state index in [1.54, 1.807) is 0 Å². The van der Waals surface area contributed by atoms with E-state index in [-0.39, 0.29) is 17.2 Å². The maximum Gasteiger partial charge on any atom is 0.152 e. The lowest BCUT2D eigenvalue weighted by Crippen LogP contribution is -2.13. The molecule has 3 atom stereocenters. The van der Waals surface area contributed by atoms with Crippen molar-refractivity contribution < 1.29 is 8.42 Å². The van der Waals surface area contributed by atoms with Gasteiger partial charge in [0, 0.05) is 18.2 Å². The fourth-order valence-corrected chi connectivity index (χ4v) is 3.58. The maximum absolute atomic E-state index is 11.4. The number of nitrogens with two attached hydrogens (primary N) is 1. The number of hydrogen-bond acceptors (Lipinski definition) is 3. The molecule has 0 aromatic heterocycles. The topological polar surface area (TPSA) is 60.2 Å². The van der Waals surface area contributed by atoms with E-state index in [0.29, 0.717) is 0 Å². The first-order chi connectivity index (χ1) is 6.91. The third-order valence-corrected chi connectivity index (χ3v) is 4.56. The van der Waals surface area contributed by atoms with E-state index in [1.165, 1.54) is 11.8 Å². The first kappa shape index (κ1) is 10.6. The minimum atomic E-state index is -3.01. The first-order valence-corrected chi connectivity index (χ1v) is 6.88.